The van der Waals surface area contributed by atoms with Gasteiger partial charge in [0.2, 0.25) is 0 Å². The minimum atomic E-state index is 0.472. The molecule has 0 saturated carbocycles. The average molecular weight is 168 g/mol. The van der Waals surface area contributed by atoms with Gasteiger partial charge in [-0.3, -0.25) is 0 Å². The van der Waals surface area contributed by atoms with E-state index in [1.165, 1.54) is 0 Å². The molecule has 3 N–H and O–H groups in total. The highest BCUT2D eigenvalue weighted by Crippen LogP contribution is 2.20. The Morgan fingerprint density at radius 2 is 2.36 bits per heavy atom. The summed E-state index contributed by atoms with van der Waals surface area (Å²) < 4.78 is 0. The smallest absolute Gasteiger partial charge is 0.131 e. The molecule has 0 bridgehead atoms. The van der Waals surface area contributed by atoms with Gasteiger partial charge < -0.3 is 10.7 Å². The van der Waals surface area contributed by atoms with E-state index in [1.54, 1.807) is 18.5 Å². The van der Waals surface area contributed by atoms with Crippen LogP contribution in [0.3, 0.4) is 0 Å². The molecule has 0 fully saturated rings. The highest BCUT2D eigenvalue weighted by molar-refractivity contribution is 6.30. The van der Waals surface area contributed by atoms with E-state index >= 15 is 0 Å². The zero-order valence-corrected chi connectivity index (χ0v) is 6.39. The maximum absolute atomic E-state index is 5.66. The molecule has 0 saturated heterocycles. The molecular formula is C7H6ClN3. The average Bonchev–Trinajstić information content (AvgIpc) is 2.32. The van der Waals surface area contributed by atoms with Crippen molar-refractivity contribution in [2.24, 2.45) is 0 Å². The van der Waals surface area contributed by atoms with Crippen LogP contribution in [0.25, 0.3) is 10.9 Å². The van der Waals surface area contributed by atoms with Crippen LogP contribution in [0.1, 0.15) is 0 Å². The van der Waals surface area contributed by atoms with Crippen molar-refractivity contribution in [3.63, 3.8) is 0 Å². The van der Waals surface area contributed by atoms with E-state index < -0.39 is 0 Å². The third-order valence-corrected chi connectivity index (χ3v) is 1.77. The van der Waals surface area contributed by atoms with E-state index in [1.807, 2.05) is 0 Å². The molecule has 0 spiro atoms. The first kappa shape index (κ1) is 6.49. The Balaban J connectivity index is 2.86. The molecule has 4 heteroatoms. The third-order valence-electron chi connectivity index (χ3n) is 1.56. The Morgan fingerprint density at radius 1 is 1.55 bits per heavy atom. The Labute approximate surface area is 68.2 Å². The Morgan fingerprint density at radius 3 is 3.18 bits per heavy atom. The second-order valence-electron chi connectivity index (χ2n) is 2.30. The zero-order chi connectivity index (χ0) is 7.84. The topological polar surface area (TPSA) is 54.7 Å². The molecule has 0 aliphatic carbocycles. The summed E-state index contributed by atoms with van der Waals surface area (Å²) in [6.07, 6.45) is 3.38. The third kappa shape index (κ3) is 0.935. The second kappa shape index (κ2) is 2.13. The van der Waals surface area contributed by atoms with Crippen molar-refractivity contribution < 1.29 is 0 Å². The predicted molar refractivity (Wildman–Crippen MR) is 45.5 cm³/mol. The SMILES string of the molecule is Nc1c[nH]c2cc(Cl)ncc12. The summed E-state index contributed by atoms with van der Waals surface area (Å²) in [7, 11) is 0. The lowest BCUT2D eigenvalue weighted by Gasteiger charge is -1.90. The molecule has 2 heterocycles. The van der Waals surface area contributed by atoms with E-state index in [0.29, 0.717) is 10.8 Å². The van der Waals surface area contributed by atoms with Gasteiger partial charge in [-0.05, 0) is 6.07 Å². The van der Waals surface area contributed by atoms with Gasteiger partial charge in [0.05, 0.1) is 11.2 Å². The number of rotatable bonds is 0. The number of nitrogens with zero attached hydrogens (tertiary/aromatic N) is 1. The number of pyridine rings is 1. The quantitative estimate of drug-likeness (QED) is 0.588. The van der Waals surface area contributed by atoms with Crippen molar-refractivity contribution in [1.82, 2.24) is 9.97 Å². The lowest BCUT2D eigenvalue weighted by molar-refractivity contribution is 1.35. The maximum atomic E-state index is 5.66. The number of halogens is 1. The summed E-state index contributed by atoms with van der Waals surface area (Å²) in [6, 6.07) is 1.74. The van der Waals surface area contributed by atoms with Crippen molar-refractivity contribution in [3.8, 4) is 0 Å². The van der Waals surface area contributed by atoms with Gasteiger partial charge in [0.15, 0.2) is 0 Å². The number of nitrogens with two attached hydrogens (primary N) is 1. The lowest BCUT2D eigenvalue weighted by Crippen LogP contribution is -1.80. The van der Waals surface area contributed by atoms with Crippen LogP contribution in [0, 0.1) is 0 Å². The van der Waals surface area contributed by atoms with Crippen LogP contribution in [-0.2, 0) is 0 Å². The molecule has 0 radical (unpaired) electrons. The van der Waals surface area contributed by atoms with Crippen LogP contribution in [0.2, 0.25) is 5.15 Å². The standard InChI is InChI=1S/C7H6ClN3/c8-7-1-6-4(2-11-7)5(9)3-10-6/h1-3,10H,9H2. The molecule has 56 valence electrons. The number of hydrogen-bond donors (Lipinski definition) is 2. The Hall–Kier alpha value is -1.22. The molecule has 0 amide bonds. The van der Waals surface area contributed by atoms with Crippen LogP contribution in [-0.4, -0.2) is 9.97 Å². The predicted octanol–water partition coefficient (Wildman–Crippen LogP) is 1.80. The molecule has 2 aromatic rings. The van der Waals surface area contributed by atoms with Gasteiger partial charge in [-0.2, -0.15) is 0 Å². The molecular weight excluding hydrogens is 162 g/mol. The number of fused-ring (bicyclic) bond motifs is 1. The van der Waals surface area contributed by atoms with E-state index in [-0.39, 0.29) is 0 Å². The van der Waals surface area contributed by atoms with Crippen molar-refractivity contribution in [1.29, 1.82) is 0 Å². The van der Waals surface area contributed by atoms with Gasteiger partial charge in [0.25, 0.3) is 0 Å². The van der Waals surface area contributed by atoms with Gasteiger partial charge in [0.1, 0.15) is 5.15 Å². The Kier molecular flexibility index (Phi) is 1.26. The molecule has 3 nitrogen and oxygen atoms in total. The number of nitrogen functional groups attached to an aromatic ring is 1. The van der Waals surface area contributed by atoms with Crippen LogP contribution in [0.15, 0.2) is 18.5 Å². The molecule has 2 rings (SSSR count). The number of aromatic nitrogens is 2. The molecule has 0 atom stereocenters. The summed E-state index contributed by atoms with van der Waals surface area (Å²) in [4.78, 5) is 6.89. The second-order valence-corrected chi connectivity index (χ2v) is 2.68. The summed E-state index contributed by atoms with van der Waals surface area (Å²) in [5.41, 5.74) is 7.23. The number of hydrogen-bond acceptors (Lipinski definition) is 2. The number of H-pyrrole nitrogens is 1. The highest BCUT2D eigenvalue weighted by atomic mass is 35.5. The molecule has 0 unspecified atom stereocenters. The Bertz CT molecular complexity index is 393. The summed E-state index contributed by atoms with van der Waals surface area (Å²) in [5.74, 6) is 0. The first-order valence-electron chi connectivity index (χ1n) is 3.15. The summed E-state index contributed by atoms with van der Waals surface area (Å²) in [6.45, 7) is 0. The zero-order valence-electron chi connectivity index (χ0n) is 5.63. The minimum Gasteiger partial charge on any atom is -0.397 e. The van der Waals surface area contributed by atoms with E-state index in [2.05, 4.69) is 9.97 Å². The molecule has 2 aromatic heterocycles. The molecule has 11 heavy (non-hydrogen) atoms. The van der Waals surface area contributed by atoms with Gasteiger partial charge in [0, 0.05) is 17.8 Å². The van der Waals surface area contributed by atoms with Crippen molar-refractivity contribution in [2.75, 3.05) is 5.73 Å². The normalized spacial score (nSPS) is 10.6. The number of nitrogens with one attached hydrogen (secondary N) is 1. The van der Waals surface area contributed by atoms with Crippen LogP contribution >= 0.6 is 11.6 Å². The first-order chi connectivity index (χ1) is 5.27. The van der Waals surface area contributed by atoms with Crippen molar-refractivity contribution >= 4 is 28.2 Å². The summed E-state index contributed by atoms with van der Waals surface area (Å²) in [5, 5.41) is 1.38. The van der Waals surface area contributed by atoms with Gasteiger partial charge in [-0.25, -0.2) is 4.98 Å². The number of aromatic amines is 1. The van der Waals surface area contributed by atoms with Crippen molar-refractivity contribution in [2.45, 2.75) is 0 Å². The van der Waals surface area contributed by atoms with Crippen LogP contribution in [0.4, 0.5) is 5.69 Å². The van der Waals surface area contributed by atoms with Gasteiger partial charge in [-0.15, -0.1) is 0 Å². The van der Waals surface area contributed by atoms with E-state index in [0.717, 1.165) is 10.9 Å². The fourth-order valence-corrected chi connectivity index (χ4v) is 1.17. The minimum absolute atomic E-state index is 0.472. The molecule has 0 aliphatic rings. The fraction of sp³-hybridized carbons (Fsp3) is 0. The highest BCUT2D eigenvalue weighted by Gasteiger charge is 1.99. The van der Waals surface area contributed by atoms with E-state index in [4.69, 9.17) is 17.3 Å². The maximum Gasteiger partial charge on any atom is 0.131 e. The lowest BCUT2D eigenvalue weighted by atomic mass is 10.3. The first-order valence-corrected chi connectivity index (χ1v) is 3.53. The van der Waals surface area contributed by atoms with Gasteiger partial charge >= 0.3 is 0 Å². The van der Waals surface area contributed by atoms with Gasteiger partial charge in [-0.1, -0.05) is 11.6 Å². The number of anilines is 1. The fourth-order valence-electron chi connectivity index (χ4n) is 1.01. The largest absolute Gasteiger partial charge is 0.397 e. The monoisotopic (exact) mass is 167 g/mol. The van der Waals surface area contributed by atoms with E-state index in [9.17, 15) is 0 Å². The molecule has 0 aromatic carbocycles. The van der Waals surface area contributed by atoms with Crippen LogP contribution < -0.4 is 5.73 Å². The van der Waals surface area contributed by atoms with Crippen molar-refractivity contribution in [3.05, 3.63) is 23.6 Å². The molecule has 0 aliphatic heterocycles. The van der Waals surface area contributed by atoms with Crippen LogP contribution in [0.5, 0.6) is 0 Å². The summed E-state index contributed by atoms with van der Waals surface area (Å²) >= 11 is 5.66.